The van der Waals surface area contributed by atoms with Crippen molar-refractivity contribution in [3.63, 3.8) is 0 Å². The van der Waals surface area contributed by atoms with Crippen molar-refractivity contribution in [3.05, 3.63) is 47.5 Å². The van der Waals surface area contributed by atoms with E-state index in [1.54, 1.807) is 0 Å². The third-order valence-electron chi connectivity index (χ3n) is 5.48. The van der Waals surface area contributed by atoms with E-state index in [0.717, 1.165) is 47.2 Å². The predicted molar refractivity (Wildman–Crippen MR) is 108 cm³/mol. The average molecular weight is 354 g/mol. The lowest BCUT2D eigenvalue weighted by Gasteiger charge is -2.28. The molecule has 4 heteroatoms. The van der Waals surface area contributed by atoms with Gasteiger partial charge in [0, 0.05) is 0 Å². The zero-order chi connectivity index (χ0) is 18.5. The van der Waals surface area contributed by atoms with Gasteiger partial charge in [-0.1, -0.05) is 24.3 Å². The van der Waals surface area contributed by atoms with Gasteiger partial charge in [0.25, 0.3) is 0 Å². The maximum atomic E-state index is 6.09. The molecule has 0 heterocycles. The molecule has 0 atom stereocenters. The Morgan fingerprint density at radius 2 is 1.12 bits per heavy atom. The third kappa shape index (κ3) is 4.43. The second-order valence-corrected chi connectivity index (χ2v) is 7.48. The van der Waals surface area contributed by atoms with Crippen LogP contribution in [0, 0.1) is 25.7 Å². The van der Waals surface area contributed by atoms with E-state index in [9.17, 15) is 0 Å². The summed E-state index contributed by atoms with van der Waals surface area (Å²) >= 11 is 0. The lowest BCUT2D eigenvalue weighted by atomic mass is 9.83. The van der Waals surface area contributed by atoms with Crippen LogP contribution in [0.5, 0.6) is 11.5 Å². The molecule has 0 radical (unpaired) electrons. The predicted octanol–water partition coefficient (Wildman–Crippen LogP) is 4.73. The number of aryl methyl sites for hydroxylation is 2. The summed E-state index contributed by atoms with van der Waals surface area (Å²) in [5, 5.41) is 0. The van der Waals surface area contributed by atoms with Crippen molar-refractivity contribution < 1.29 is 9.47 Å². The number of nitrogen functional groups attached to an aromatic ring is 2. The number of para-hydroxylation sites is 2. The highest BCUT2D eigenvalue weighted by Crippen LogP contribution is 2.32. The monoisotopic (exact) mass is 354 g/mol. The highest BCUT2D eigenvalue weighted by molar-refractivity contribution is 5.58. The quantitative estimate of drug-likeness (QED) is 0.736. The van der Waals surface area contributed by atoms with Crippen molar-refractivity contribution >= 4 is 11.4 Å². The molecule has 0 aromatic heterocycles. The first-order valence-electron chi connectivity index (χ1n) is 9.50. The Kier molecular flexibility index (Phi) is 5.92. The van der Waals surface area contributed by atoms with Crippen molar-refractivity contribution in [1.29, 1.82) is 0 Å². The SMILES string of the molecule is Cc1cccc(OCC2CCC(COc3cccc(C)c3N)CC2)c1N. The topological polar surface area (TPSA) is 70.5 Å². The van der Waals surface area contributed by atoms with Crippen molar-refractivity contribution in [2.45, 2.75) is 39.5 Å². The molecule has 26 heavy (non-hydrogen) atoms. The zero-order valence-corrected chi connectivity index (χ0v) is 15.8. The summed E-state index contributed by atoms with van der Waals surface area (Å²) in [6.45, 7) is 5.50. The Hall–Kier alpha value is -2.36. The summed E-state index contributed by atoms with van der Waals surface area (Å²) < 4.78 is 12.0. The molecule has 1 fully saturated rings. The van der Waals surface area contributed by atoms with E-state index in [-0.39, 0.29) is 0 Å². The summed E-state index contributed by atoms with van der Waals surface area (Å²) in [5.74, 6) is 2.81. The molecule has 3 rings (SSSR count). The van der Waals surface area contributed by atoms with Gasteiger partial charge in [-0.15, -0.1) is 0 Å². The van der Waals surface area contributed by atoms with Crippen LogP contribution in [-0.4, -0.2) is 13.2 Å². The first-order chi connectivity index (χ1) is 12.5. The van der Waals surface area contributed by atoms with Gasteiger partial charge in [-0.05, 0) is 74.6 Å². The van der Waals surface area contributed by atoms with Gasteiger partial charge in [0.05, 0.1) is 24.6 Å². The van der Waals surface area contributed by atoms with Gasteiger partial charge < -0.3 is 20.9 Å². The van der Waals surface area contributed by atoms with E-state index < -0.39 is 0 Å². The Balaban J connectivity index is 1.43. The number of rotatable bonds is 6. The minimum Gasteiger partial charge on any atom is -0.491 e. The highest BCUT2D eigenvalue weighted by Gasteiger charge is 2.22. The van der Waals surface area contributed by atoms with Crippen LogP contribution in [0.15, 0.2) is 36.4 Å². The number of hydrogen-bond donors (Lipinski definition) is 2. The molecular weight excluding hydrogens is 324 g/mol. The molecule has 0 unspecified atom stereocenters. The Bertz CT molecular complexity index is 673. The van der Waals surface area contributed by atoms with Gasteiger partial charge in [-0.25, -0.2) is 0 Å². The highest BCUT2D eigenvalue weighted by atomic mass is 16.5. The second kappa shape index (κ2) is 8.35. The maximum Gasteiger partial charge on any atom is 0.142 e. The van der Waals surface area contributed by atoms with E-state index in [2.05, 4.69) is 0 Å². The lowest BCUT2D eigenvalue weighted by molar-refractivity contribution is 0.149. The molecule has 0 saturated heterocycles. The first-order valence-corrected chi connectivity index (χ1v) is 9.50. The maximum absolute atomic E-state index is 6.09. The van der Waals surface area contributed by atoms with Crippen LogP contribution < -0.4 is 20.9 Å². The molecule has 4 nitrogen and oxygen atoms in total. The van der Waals surface area contributed by atoms with Crippen LogP contribution in [0.3, 0.4) is 0 Å². The first kappa shape index (κ1) is 18.4. The van der Waals surface area contributed by atoms with Crippen LogP contribution in [0.25, 0.3) is 0 Å². The number of ether oxygens (including phenoxy) is 2. The molecular formula is C22H30N2O2. The molecule has 4 N–H and O–H groups in total. The van der Waals surface area contributed by atoms with Gasteiger partial charge in [-0.3, -0.25) is 0 Å². The molecule has 2 aromatic carbocycles. The molecule has 0 spiro atoms. The van der Waals surface area contributed by atoms with Crippen molar-refractivity contribution in [3.8, 4) is 11.5 Å². The molecule has 2 aromatic rings. The number of anilines is 2. The second-order valence-electron chi connectivity index (χ2n) is 7.48. The Morgan fingerprint density at radius 1 is 0.731 bits per heavy atom. The number of hydrogen-bond acceptors (Lipinski definition) is 4. The van der Waals surface area contributed by atoms with Crippen LogP contribution in [0.4, 0.5) is 11.4 Å². The van der Waals surface area contributed by atoms with Gasteiger partial charge in [0.15, 0.2) is 0 Å². The zero-order valence-electron chi connectivity index (χ0n) is 15.8. The Labute approximate surface area is 156 Å². The van der Waals surface area contributed by atoms with Crippen LogP contribution in [0.2, 0.25) is 0 Å². The fourth-order valence-corrected chi connectivity index (χ4v) is 3.54. The van der Waals surface area contributed by atoms with Gasteiger partial charge in [0.1, 0.15) is 11.5 Å². The van der Waals surface area contributed by atoms with Crippen molar-refractivity contribution in [2.75, 3.05) is 24.7 Å². The van der Waals surface area contributed by atoms with Crippen molar-refractivity contribution in [1.82, 2.24) is 0 Å². The summed E-state index contributed by atoms with van der Waals surface area (Å²) in [5.41, 5.74) is 15.8. The average Bonchev–Trinajstić information content (AvgIpc) is 2.65. The summed E-state index contributed by atoms with van der Waals surface area (Å²) in [4.78, 5) is 0. The largest absolute Gasteiger partial charge is 0.491 e. The van der Waals surface area contributed by atoms with Crippen molar-refractivity contribution in [2.24, 2.45) is 11.8 Å². The fourth-order valence-electron chi connectivity index (χ4n) is 3.54. The molecule has 140 valence electrons. The van der Waals surface area contributed by atoms with Gasteiger partial charge in [-0.2, -0.15) is 0 Å². The normalized spacial score (nSPS) is 19.9. The number of benzene rings is 2. The van der Waals surface area contributed by atoms with E-state index in [1.807, 2.05) is 50.2 Å². The van der Waals surface area contributed by atoms with Gasteiger partial charge >= 0.3 is 0 Å². The van der Waals surface area contributed by atoms with E-state index in [4.69, 9.17) is 20.9 Å². The molecule has 0 aliphatic heterocycles. The molecule has 0 bridgehead atoms. The van der Waals surface area contributed by atoms with Crippen LogP contribution >= 0.6 is 0 Å². The smallest absolute Gasteiger partial charge is 0.142 e. The third-order valence-corrected chi connectivity index (χ3v) is 5.48. The van der Waals surface area contributed by atoms with Gasteiger partial charge in [0.2, 0.25) is 0 Å². The minimum atomic E-state index is 0.593. The fraction of sp³-hybridized carbons (Fsp3) is 0.455. The minimum absolute atomic E-state index is 0.593. The standard InChI is InChI=1S/C22H30N2O2/c1-15-5-3-7-19(21(15)23)25-13-17-9-11-18(12-10-17)14-26-20-8-4-6-16(2)22(20)24/h3-8,17-18H,9-14,23-24H2,1-2H3. The molecule has 1 saturated carbocycles. The summed E-state index contributed by atoms with van der Waals surface area (Å²) in [6.07, 6.45) is 4.68. The molecule has 0 amide bonds. The van der Waals surface area contributed by atoms with Crippen LogP contribution in [0.1, 0.15) is 36.8 Å². The molecule has 1 aliphatic rings. The lowest BCUT2D eigenvalue weighted by Crippen LogP contribution is -2.24. The Morgan fingerprint density at radius 3 is 1.50 bits per heavy atom. The van der Waals surface area contributed by atoms with E-state index in [1.165, 1.54) is 25.7 Å². The summed E-state index contributed by atoms with van der Waals surface area (Å²) in [6, 6.07) is 11.9. The van der Waals surface area contributed by atoms with E-state index >= 15 is 0 Å². The van der Waals surface area contributed by atoms with E-state index in [0.29, 0.717) is 11.8 Å². The van der Waals surface area contributed by atoms with Crippen LogP contribution in [-0.2, 0) is 0 Å². The summed E-state index contributed by atoms with van der Waals surface area (Å²) in [7, 11) is 0. The molecule has 1 aliphatic carbocycles. The number of nitrogens with two attached hydrogens (primary N) is 2.